The Morgan fingerprint density at radius 3 is 2.85 bits per heavy atom. The number of hydrogen-bond acceptors (Lipinski definition) is 5. The zero-order chi connectivity index (χ0) is 9.26. The molecule has 1 unspecified atom stereocenters. The molecule has 2 aromatic heterocycles. The third-order valence-corrected chi connectivity index (χ3v) is 3.32. The van der Waals surface area contributed by atoms with E-state index in [4.69, 9.17) is 5.73 Å². The van der Waals surface area contributed by atoms with Crippen LogP contribution in [0.4, 0.5) is 0 Å². The molecule has 0 aliphatic rings. The van der Waals surface area contributed by atoms with Crippen LogP contribution in [0.5, 0.6) is 0 Å². The Hall–Kier alpha value is -0.780. The minimum Gasteiger partial charge on any atom is -0.317 e. The fraction of sp³-hybridized carbons (Fsp3) is 0.250. The molecule has 68 valence electrons. The van der Waals surface area contributed by atoms with Crippen molar-refractivity contribution < 1.29 is 0 Å². The average Bonchev–Trinajstić information content (AvgIpc) is 2.72. The Bertz CT molecular complexity index is 380. The molecule has 0 saturated carbocycles. The number of thiazole rings is 2. The Kier molecular flexibility index (Phi) is 2.39. The molecule has 13 heavy (non-hydrogen) atoms. The first-order chi connectivity index (χ1) is 6.27. The first-order valence-electron chi connectivity index (χ1n) is 3.84. The lowest BCUT2D eigenvalue weighted by Gasteiger charge is -2.03. The van der Waals surface area contributed by atoms with Crippen molar-refractivity contribution in [1.82, 2.24) is 9.97 Å². The monoisotopic (exact) mass is 211 g/mol. The van der Waals surface area contributed by atoms with Gasteiger partial charge in [0.1, 0.15) is 11.0 Å². The summed E-state index contributed by atoms with van der Waals surface area (Å²) >= 11 is 3.18. The van der Waals surface area contributed by atoms with Crippen LogP contribution in [0, 0.1) is 6.92 Å². The molecule has 0 aromatic carbocycles. The summed E-state index contributed by atoms with van der Waals surface area (Å²) < 4.78 is 0. The predicted molar refractivity (Wildman–Crippen MR) is 55.0 cm³/mol. The van der Waals surface area contributed by atoms with Crippen LogP contribution in [-0.2, 0) is 0 Å². The Morgan fingerprint density at radius 1 is 1.46 bits per heavy atom. The standard InChI is InChI=1S/C8H9N3S2/c1-5-11-6(4-13-5)7(9)8-10-2-3-12-8/h2-4,7H,9H2,1H3. The van der Waals surface area contributed by atoms with Crippen LogP contribution in [-0.4, -0.2) is 9.97 Å². The highest BCUT2D eigenvalue weighted by Crippen LogP contribution is 2.22. The van der Waals surface area contributed by atoms with Gasteiger partial charge in [-0.25, -0.2) is 9.97 Å². The van der Waals surface area contributed by atoms with E-state index in [9.17, 15) is 0 Å². The molecule has 0 spiro atoms. The van der Waals surface area contributed by atoms with E-state index in [0.29, 0.717) is 0 Å². The zero-order valence-corrected chi connectivity index (χ0v) is 8.73. The molecular formula is C8H9N3S2. The molecule has 2 aromatic rings. The van der Waals surface area contributed by atoms with Crippen molar-refractivity contribution in [3.63, 3.8) is 0 Å². The fourth-order valence-corrected chi connectivity index (χ4v) is 2.34. The van der Waals surface area contributed by atoms with Crippen molar-refractivity contribution in [2.75, 3.05) is 0 Å². The minimum absolute atomic E-state index is 0.162. The second-order valence-corrected chi connectivity index (χ2v) is 4.63. The van der Waals surface area contributed by atoms with Crippen molar-refractivity contribution >= 4 is 22.7 Å². The summed E-state index contributed by atoms with van der Waals surface area (Å²) in [6.07, 6.45) is 1.76. The van der Waals surface area contributed by atoms with Gasteiger partial charge in [0, 0.05) is 17.0 Å². The highest BCUT2D eigenvalue weighted by molar-refractivity contribution is 7.10. The number of hydrogen-bond donors (Lipinski definition) is 1. The van der Waals surface area contributed by atoms with E-state index in [1.165, 1.54) is 0 Å². The maximum atomic E-state index is 5.97. The van der Waals surface area contributed by atoms with Crippen LogP contribution in [0.3, 0.4) is 0 Å². The van der Waals surface area contributed by atoms with Gasteiger partial charge in [0.2, 0.25) is 0 Å². The number of aromatic nitrogens is 2. The Labute approximate surface area is 84.3 Å². The van der Waals surface area contributed by atoms with E-state index in [1.807, 2.05) is 17.7 Å². The van der Waals surface area contributed by atoms with Gasteiger partial charge >= 0.3 is 0 Å². The average molecular weight is 211 g/mol. The molecule has 0 aliphatic heterocycles. The van der Waals surface area contributed by atoms with E-state index in [2.05, 4.69) is 9.97 Å². The van der Waals surface area contributed by atoms with Gasteiger partial charge in [-0.3, -0.25) is 0 Å². The minimum atomic E-state index is -0.162. The van der Waals surface area contributed by atoms with Crippen molar-refractivity contribution in [1.29, 1.82) is 0 Å². The molecule has 1 atom stereocenters. The number of aryl methyl sites for hydroxylation is 1. The first kappa shape index (κ1) is 8.80. The summed E-state index contributed by atoms with van der Waals surface area (Å²) in [6.45, 7) is 1.97. The Balaban J connectivity index is 2.28. The summed E-state index contributed by atoms with van der Waals surface area (Å²) in [6, 6.07) is -0.162. The second kappa shape index (κ2) is 3.53. The molecule has 0 fully saturated rings. The lowest BCUT2D eigenvalue weighted by atomic mass is 10.2. The predicted octanol–water partition coefficient (Wildman–Crippen LogP) is 1.96. The fourth-order valence-electron chi connectivity index (χ4n) is 1.04. The lowest BCUT2D eigenvalue weighted by molar-refractivity contribution is 0.824. The van der Waals surface area contributed by atoms with Gasteiger partial charge in [-0.05, 0) is 6.92 Å². The van der Waals surface area contributed by atoms with Crippen molar-refractivity contribution in [2.45, 2.75) is 13.0 Å². The van der Waals surface area contributed by atoms with Gasteiger partial charge in [-0.2, -0.15) is 0 Å². The zero-order valence-electron chi connectivity index (χ0n) is 7.10. The largest absolute Gasteiger partial charge is 0.317 e. The van der Waals surface area contributed by atoms with Gasteiger partial charge in [-0.15, -0.1) is 22.7 Å². The topological polar surface area (TPSA) is 51.8 Å². The molecule has 0 bridgehead atoms. The third kappa shape index (κ3) is 1.77. The first-order valence-corrected chi connectivity index (χ1v) is 5.60. The van der Waals surface area contributed by atoms with Gasteiger partial charge in [0.25, 0.3) is 0 Å². The maximum absolute atomic E-state index is 5.97. The van der Waals surface area contributed by atoms with Crippen LogP contribution in [0.1, 0.15) is 21.8 Å². The van der Waals surface area contributed by atoms with Crippen molar-refractivity contribution in [2.24, 2.45) is 5.73 Å². The SMILES string of the molecule is Cc1nc(C(N)c2nccs2)cs1. The van der Waals surface area contributed by atoms with Gasteiger partial charge in [-0.1, -0.05) is 0 Å². The molecule has 0 amide bonds. The molecule has 5 heteroatoms. The Morgan fingerprint density at radius 2 is 2.31 bits per heavy atom. The summed E-state index contributed by atoms with van der Waals surface area (Å²) in [4.78, 5) is 8.49. The van der Waals surface area contributed by atoms with E-state index in [-0.39, 0.29) is 6.04 Å². The normalized spacial score (nSPS) is 13.1. The number of rotatable bonds is 2. The molecule has 2 heterocycles. The summed E-state index contributed by atoms with van der Waals surface area (Å²) in [7, 11) is 0. The van der Waals surface area contributed by atoms with Crippen molar-refractivity contribution in [3.05, 3.63) is 32.7 Å². The molecular weight excluding hydrogens is 202 g/mol. The second-order valence-electron chi connectivity index (χ2n) is 2.64. The van der Waals surface area contributed by atoms with Crippen LogP contribution < -0.4 is 5.73 Å². The molecule has 3 nitrogen and oxygen atoms in total. The maximum Gasteiger partial charge on any atom is 0.115 e. The smallest absolute Gasteiger partial charge is 0.115 e. The third-order valence-electron chi connectivity index (χ3n) is 1.67. The van der Waals surface area contributed by atoms with E-state index in [1.54, 1.807) is 28.9 Å². The molecule has 0 aliphatic carbocycles. The molecule has 2 rings (SSSR count). The number of nitrogens with two attached hydrogens (primary N) is 1. The van der Waals surface area contributed by atoms with Crippen LogP contribution in [0.15, 0.2) is 17.0 Å². The highest BCUT2D eigenvalue weighted by atomic mass is 32.1. The van der Waals surface area contributed by atoms with Crippen LogP contribution in [0.2, 0.25) is 0 Å². The van der Waals surface area contributed by atoms with Gasteiger partial charge in [0.05, 0.1) is 10.7 Å². The summed E-state index contributed by atoms with van der Waals surface area (Å²) in [5, 5.41) is 5.88. The van der Waals surface area contributed by atoms with E-state index in [0.717, 1.165) is 15.7 Å². The summed E-state index contributed by atoms with van der Waals surface area (Å²) in [5.74, 6) is 0. The highest BCUT2D eigenvalue weighted by Gasteiger charge is 2.13. The molecule has 0 radical (unpaired) electrons. The van der Waals surface area contributed by atoms with Gasteiger partial charge < -0.3 is 5.73 Å². The van der Waals surface area contributed by atoms with Crippen LogP contribution >= 0.6 is 22.7 Å². The van der Waals surface area contributed by atoms with Gasteiger partial charge in [0.15, 0.2) is 0 Å². The molecule has 2 N–H and O–H groups in total. The van der Waals surface area contributed by atoms with Crippen molar-refractivity contribution in [3.8, 4) is 0 Å². The number of nitrogens with zero attached hydrogens (tertiary/aromatic N) is 2. The lowest BCUT2D eigenvalue weighted by Crippen LogP contribution is -2.11. The van der Waals surface area contributed by atoms with E-state index >= 15 is 0 Å². The van der Waals surface area contributed by atoms with E-state index < -0.39 is 0 Å². The summed E-state index contributed by atoms with van der Waals surface area (Å²) in [5.41, 5.74) is 6.88. The molecule has 0 saturated heterocycles. The quantitative estimate of drug-likeness (QED) is 0.826. The van der Waals surface area contributed by atoms with Crippen LogP contribution in [0.25, 0.3) is 0 Å².